The molecule has 3 fully saturated rings. The maximum atomic E-state index is 13.5. The Balaban J connectivity index is 2.02. The van der Waals surface area contributed by atoms with Crippen molar-refractivity contribution in [1.29, 1.82) is 0 Å². The molecule has 3 rings (SSSR count). The van der Waals surface area contributed by atoms with E-state index in [4.69, 9.17) is 9.47 Å². The molecule has 1 spiro atoms. The highest BCUT2D eigenvalue weighted by Crippen LogP contribution is 2.58. The smallest absolute Gasteiger partial charge is 0.312 e. The molecule has 3 heterocycles. The van der Waals surface area contributed by atoms with Crippen LogP contribution in [0.15, 0.2) is 12.7 Å². The number of β-amino-alcohol motifs (C(OH)–C–C–N with tert-alkyl or cyclic N) is 1. The maximum Gasteiger partial charge on any atom is 0.312 e. The molecule has 3 aliphatic heterocycles. The fourth-order valence-corrected chi connectivity index (χ4v) is 5.14. The van der Waals surface area contributed by atoms with Crippen LogP contribution in [-0.4, -0.2) is 82.8 Å². The second kappa shape index (κ2) is 7.83. The van der Waals surface area contributed by atoms with Crippen molar-refractivity contribution in [2.45, 2.75) is 57.4 Å². The van der Waals surface area contributed by atoms with Gasteiger partial charge in [-0.3, -0.25) is 14.4 Å². The Kier molecular flexibility index (Phi) is 5.82. The number of hydrogen-bond acceptors (Lipinski definition) is 6. The van der Waals surface area contributed by atoms with Gasteiger partial charge in [-0.2, -0.15) is 0 Å². The van der Waals surface area contributed by atoms with Crippen LogP contribution < -0.4 is 0 Å². The quantitative estimate of drug-likeness (QED) is 0.471. The molecule has 1 N–H and O–H groups in total. The molecule has 2 unspecified atom stereocenters. The summed E-state index contributed by atoms with van der Waals surface area (Å²) in [6.07, 6.45) is 2.37. The molecule has 3 saturated heterocycles. The molecule has 0 aromatic rings. The third-order valence-corrected chi connectivity index (χ3v) is 6.17. The fraction of sp³-hybridized carbons (Fsp3) is 0.750. The van der Waals surface area contributed by atoms with Gasteiger partial charge in [0.25, 0.3) is 0 Å². The van der Waals surface area contributed by atoms with Crippen molar-refractivity contribution in [2.24, 2.45) is 11.8 Å². The van der Waals surface area contributed by atoms with E-state index < -0.39 is 35.6 Å². The molecule has 156 valence electrons. The van der Waals surface area contributed by atoms with E-state index in [1.807, 2.05) is 13.8 Å². The van der Waals surface area contributed by atoms with E-state index in [0.29, 0.717) is 19.4 Å². The first-order chi connectivity index (χ1) is 13.3. The van der Waals surface area contributed by atoms with Gasteiger partial charge in [0.05, 0.1) is 31.2 Å². The maximum absolute atomic E-state index is 13.5. The number of carbonyl (C=O) groups is 3. The van der Waals surface area contributed by atoms with Gasteiger partial charge in [-0.1, -0.05) is 6.08 Å². The number of esters is 1. The van der Waals surface area contributed by atoms with Crippen LogP contribution in [0.2, 0.25) is 0 Å². The van der Waals surface area contributed by atoms with Crippen molar-refractivity contribution in [1.82, 2.24) is 9.80 Å². The van der Waals surface area contributed by atoms with Crippen LogP contribution in [0.4, 0.5) is 0 Å². The van der Waals surface area contributed by atoms with E-state index in [1.165, 1.54) is 4.90 Å². The van der Waals surface area contributed by atoms with Crippen molar-refractivity contribution < 1.29 is 29.0 Å². The first-order valence-electron chi connectivity index (χ1n) is 10.0. The highest BCUT2D eigenvalue weighted by Gasteiger charge is 2.75. The molecule has 0 radical (unpaired) electrons. The third kappa shape index (κ3) is 2.93. The molecule has 0 aromatic heterocycles. The van der Waals surface area contributed by atoms with Crippen LogP contribution >= 0.6 is 0 Å². The number of likely N-dealkylation sites (tertiary alicyclic amines) is 1. The van der Waals surface area contributed by atoms with Crippen LogP contribution in [0, 0.1) is 11.8 Å². The minimum atomic E-state index is -1.04. The first kappa shape index (κ1) is 20.8. The molecule has 8 nitrogen and oxygen atoms in total. The highest BCUT2D eigenvalue weighted by atomic mass is 16.6. The Morgan fingerprint density at radius 1 is 1.50 bits per heavy atom. The molecule has 2 bridgehead atoms. The number of rotatable bonds is 8. The lowest BCUT2D eigenvalue weighted by atomic mass is 9.70. The lowest BCUT2D eigenvalue weighted by Gasteiger charge is -2.38. The van der Waals surface area contributed by atoms with Gasteiger partial charge < -0.3 is 24.4 Å². The predicted molar refractivity (Wildman–Crippen MR) is 100 cm³/mol. The molecule has 28 heavy (non-hydrogen) atoms. The second-order valence-corrected chi connectivity index (χ2v) is 7.94. The minimum absolute atomic E-state index is 0.0249. The zero-order chi connectivity index (χ0) is 20.6. The SMILES string of the molecule is C=CCN(C(=O)C1N(CCO)C(=O)[C@@H]2[C@@H](C(=O)OCC)[C@H]3CCC12O3)C(C)C. The van der Waals surface area contributed by atoms with E-state index in [-0.39, 0.29) is 37.6 Å². The zero-order valence-electron chi connectivity index (χ0n) is 16.8. The number of carbonyl (C=O) groups excluding carboxylic acids is 3. The summed E-state index contributed by atoms with van der Waals surface area (Å²) >= 11 is 0. The van der Waals surface area contributed by atoms with E-state index >= 15 is 0 Å². The largest absolute Gasteiger partial charge is 0.466 e. The summed E-state index contributed by atoms with van der Waals surface area (Å²) in [7, 11) is 0. The van der Waals surface area contributed by atoms with Gasteiger partial charge in [0.15, 0.2) is 0 Å². The Bertz CT molecular complexity index is 665. The standard InChI is InChI=1S/C20H30N2O6/c1-5-9-21(12(3)4)18(25)16-20-8-7-13(28-20)14(19(26)27-6-2)15(20)17(24)22(16)10-11-23/h5,12-16,23H,1,6-11H2,2-4H3/t13-,14+,15+,16?,20?/m1/s1. The Morgan fingerprint density at radius 2 is 2.21 bits per heavy atom. The van der Waals surface area contributed by atoms with Gasteiger partial charge in [-0.05, 0) is 33.6 Å². The average Bonchev–Trinajstić information content (AvgIpc) is 3.27. The number of amides is 2. The molecule has 0 saturated carbocycles. The van der Waals surface area contributed by atoms with Crippen molar-refractivity contribution in [2.75, 3.05) is 26.3 Å². The zero-order valence-corrected chi connectivity index (χ0v) is 16.8. The normalized spacial score (nSPS) is 33.3. The molecular weight excluding hydrogens is 364 g/mol. The number of ether oxygens (including phenoxy) is 2. The molecule has 3 aliphatic rings. The highest BCUT2D eigenvalue weighted by molar-refractivity contribution is 5.98. The van der Waals surface area contributed by atoms with Gasteiger partial charge in [-0.15, -0.1) is 6.58 Å². The summed E-state index contributed by atoms with van der Waals surface area (Å²) in [6.45, 7) is 9.57. The van der Waals surface area contributed by atoms with Crippen molar-refractivity contribution in [3.8, 4) is 0 Å². The molecule has 8 heteroatoms. The first-order valence-corrected chi connectivity index (χ1v) is 10.0. The van der Waals surface area contributed by atoms with E-state index in [1.54, 1.807) is 17.9 Å². The van der Waals surface area contributed by atoms with Gasteiger partial charge in [0.2, 0.25) is 11.8 Å². The van der Waals surface area contributed by atoms with Crippen LogP contribution in [0.1, 0.15) is 33.6 Å². The Morgan fingerprint density at radius 3 is 2.79 bits per heavy atom. The summed E-state index contributed by atoms with van der Waals surface area (Å²) in [5.74, 6) is -2.44. The summed E-state index contributed by atoms with van der Waals surface area (Å²) in [6, 6.07) is -0.949. The Labute approximate surface area is 165 Å². The molecule has 5 atom stereocenters. The van der Waals surface area contributed by atoms with E-state index in [9.17, 15) is 19.5 Å². The predicted octanol–water partition coefficient (Wildman–Crippen LogP) is 0.339. The number of fused-ring (bicyclic) bond motifs is 1. The second-order valence-electron chi connectivity index (χ2n) is 7.94. The number of hydrogen-bond donors (Lipinski definition) is 1. The lowest BCUT2D eigenvalue weighted by molar-refractivity contribution is -0.155. The topological polar surface area (TPSA) is 96.4 Å². The van der Waals surface area contributed by atoms with Gasteiger partial charge in [0.1, 0.15) is 11.6 Å². The van der Waals surface area contributed by atoms with Crippen LogP contribution in [0.5, 0.6) is 0 Å². The summed E-state index contributed by atoms with van der Waals surface area (Å²) in [4.78, 5) is 42.5. The summed E-state index contributed by atoms with van der Waals surface area (Å²) < 4.78 is 11.4. The number of aliphatic hydroxyl groups excluding tert-OH is 1. The molecular formula is C20H30N2O6. The fourth-order valence-electron chi connectivity index (χ4n) is 5.14. The lowest BCUT2D eigenvalue weighted by Crippen LogP contribution is -2.57. The monoisotopic (exact) mass is 394 g/mol. The number of nitrogens with zero attached hydrogens (tertiary/aromatic N) is 2. The van der Waals surface area contributed by atoms with Crippen LogP contribution in [-0.2, 0) is 23.9 Å². The molecule has 2 amide bonds. The van der Waals surface area contributed by atoms with Crippen LogP contribution in [0.25, 0.3) is 0 Å². The summed E-state index contributed by atoms with van der Waals surface area (Å²) in [5.41, 5.74) is -1.04. The van der Waals surface area contributed by atoms with Gasteiger partial charge in [0, 0.05) is 19.1 Å². The average molecular weight is 394 g/mol. The van der Waals surface area contributed by atoms with Crippen LogP contribution in [0.3, 0.4) is 0 Å². The van der Waals surface area contributed by atoms with Crippen molar-refractivity contribution in [3.63, 3.8) is 0 Å². The minimum Gasteiger partial charge on any atom is -0.466 e. The van der Waals surface area contributed by atoms with Gasteiger partial charge >= 0.3 is 5.97 Å². The van der Waals surface area contributed by atoms with Gasteiger partial charge in [-0.25, -0.2) is 0 Å². The van der Waals surface area contributed by atoms with E-state index in [2.05, 4.69) is 6.58 Å². The Hall–Kier alpha value is -1.93. The molecule has 0 aliphatic carbocycles. The third-order valence-electron chi connectivity index (χ3n) is 6.17. The van der Waals surface area contributed by atoms with Crippen molar-refractivity contribution in [3.05, 3.63) is 12.7 Å². The molecule has 0 aromatic carbocycles. The summed E-state index contributed by atoms with van der Waals surface area (Å²) in [5, 5.41) is 9.52. The van der Waals surface area contributed by atoms with Crippen molar-refractivity contribution >= 4 is 17.8 Å². The van der Waals surface area contributed by atoms with E-state index in [0.717, 1.165) is 0 Å². The number of aliphatic hydroxyl groups is 1.